The molecule has 1 rings (SSSR count). The molecule has 0 spiro atoms. The van der Waals surface area contributed by atoms with Crippen molar-refractivity contribution in [2.75, 3.05) is 47.5 Å². The molecule has 0 aromatic heterocycles. The number of nitrogens with zero attached hydrogens (tertiary/aromatic N) is 1. The molecular formula is C14H23FN2O2. The molecule has 0 aliphatic rings. The highest BCUT2D eigenvalue weighted by Crippen LogP contribution is 2.19. The summed E-state index contributed by atoms with van der Waals surface area (Å²) in [4.78, 5) is 2.17. The van der Waals surface area contributed by atoms with E-state index in [4.69, 9.17) is 9.47 Å². The van der Waals surface area contributed by atoms with Crippen molar-refractivity contribution in [1.82, 2.24) is 10.2 Å². The van der Waals surface area contributed by atoms with E-state index in [1.165, 1.54) is 7.11 Å². The lowest BCUT2D eigenvalue weighted by Gasteiger charge is -2.16. The predicted molar refractivity (Wildman–Crippen MR) is 74.0 cm³/mol. The zero-order chi connectivity index (χ0) is 14.1. The molecule has 0 heterocycles. The Kier molecular flexibility index (Phi) is 7.40. The van der Waals surface area contributed by atoms with E-state index in [0.29, 0.717) is 12.1 Å². The standard InChI is InChI=1S/C14H23FN2O2/c1-17(9-10-18-2)8-7-16-11-12-5-4-6-13(19-3)14(12)15/h4-6,16H,7-11H2,1-3H3. The number of benzene rings is 1. The minimum atomic E-state index is -0.287. The second-order valence-corrected chi connectivity index (χ2v) is 4.41. The minimum Gasteiger partial charge on any atom is -0.494 e. The number of methoxy groups -OCH3 is 2. The lowest BCUT2D eigenvalue weighted by molar-refractivity contribution is 0.161. The van der Waals surface area contributed by atoms with Gasteiger partial charge in [-0.05, 0) is 13.1 Å². The quantitative estimate of drug-likeness (QED) is 0.690. The molecule has 0 bridgehead atoms. The van der Waals surface area contributed by atoms with Gasteiger partial charge >= 0.3 is 0 Å². The van der Waals surface area contributed by atoms with Crippen molar-refractivity contribution >= 4 is 0 Å². The molecule has 0 amide bonds. The number of rotatable bonds is 9. The molecule has 1 aromatic carbocycles. The molecule has 0 radical (unpaired) electrons. The maximum atomic E-state index is 13.8. The fraction of sp³-hybridized carbons (Fsp3) is 0.571. The van der Waals surface area contributed by atoms with Crippen LogP contribution in [0.15, 0.2) is 18.2 Å². The van der Waals surface area contributed by atoms with Crippen LogP contribution in [0.4, 0.5) is 4.39 Å². The van der Waals surface area contributed by atoms with E-state index in [2.05, 4.69) is 10.2 Å². The Hall–Kier alpha value is -1.17. The van der Waals surface area contributed by atoms with Crippen molar-refractivity contribution in [3.05, 3.63) is 29.6 Å². The lowest BCUT2D eigenvalue weighted by atomic mass is 10.2. The average molecular weight is 270 g/mol. The van der Waals surface area contributed by atoms with Crippen molar-refractivity contribution in [3.8, 4) is 5.75 Å². The molecule has 1 N–H and O–H groups in total. The zero-order valence-corrected chi connectivity index (χ0v) is 11.9. The first-order chi connectivity index (χ1) is 9.19. The van der Waals surface area contributed by atoms with Crippen LogP contribution < -0.4 is 10.1 Å². The third kappa shape index (κ3) is 5.55. The monoisotopic (exact) mass is 270 g/mol. The number of ether oxygens (including phenoxy) is 2. The number of hydrogen-bond donors (Lipinski definition) is 1. The molecule has 0 unspecified atom stereocenters. The van der Waals surface area contributed by atoms with E-state index in [9.17, 15) is 4.39 Å². The van der Waals surface area contributed by atoms with Crippen LogP contribution >= 0.6 is 0 Å². The zero-order valence-electron chi connectivity index (χ0n) is 11.9. The SMILES string of the molecule is COCCN(C)CCNCc1cccc(OC)c1F. The number of likely N-dealkylation sites (N-methyl/N-ethyl adjacent to an activating group) is 1. The van der Waals surface area contributed by atoms with Gasteiger partial charge in [0, 0.05) is 38.9 Å². The normalized spacial score (nSPS) is 11.0. The van der Waals surface area contributed by atoms with E-state index in [1.54, 1.807) is 25.3 Å². The van der Waals surface area contributed by atoms with Crippen molar-refractivity contribution in [3.63, 3.8) is 0 Å². The highest BCUT2D eigenvalue weighted by atomic mass is 19.1. The number of nitrogens with one attached hydrogen (secondary N) is 1. The van der Waals surface area contributed by atoms with Gasteiger partial charge in [-0.25, -0.2) is 4.39 Å². The summed E-state index contributed by atoms with van der Waals surface area (Å²) in [6, 6.07) is 5.18. The highest BCUT2D eigenvalue weighted by Gasteiger charge is 2.07. The summed E-state index contributed by atoms with van der Waals surface area (Å²) >= 11 is 0. The molecule has 1 aromatic rings. The average Bonchev–Trinajstić information content (AvgIpc) is 2.42. The lowest BCUT2D eigenvalue weighted by Crippen LogP contribution is -2.31. The summed E-state index contributed by atoms with van der Waals surface area (Å²) in [5.74, 6) is 0.00162. The van der Waals surface area contributed by atoms with Crippen molar-refractivity contribution in [1.29, 1.82) is 0 Å². The molecule has 0 aliphatic carbocycles. The fourth-order valence-electron chi connectivity index (χ4n) is 1.70. The van der Waals surface area contributed by atoms with Crippen LogP contribution in [-0.2, 0) is 11.3 Å². The first-order valence-electron chi connectivity index (χ1n) is 6.38. The van der Waals surface area contributed by atoms with Crippen LogP contribution in [0.2, 0.25) is 0 Å². The molecule has 19 heavy (non-hydrogen) atoms. The van der Waals surface area contributed by atoms with Crippen LogP contribution in [0, 0.1) is 5.82 Å². The maximum absolute atomic E-state index is 13.8. The molecule has 5 heteroatoms. The van der Waals surface area contributed by atoms with Gasteiger partial charge in [-0.1, -0.05) is 12.1 Å². The number of halogens is 1. The molecular weight excluding hydrogens is 247 g/mol. The first-order valence-corrected chi connectivity index (χ1v) is 6.38. The summed E-state index contributed by atoms with van der Waals surface area (Å²) < 4.78 is 23.8. The summed E-state index contributed by atoms with van der Waals surface area (Å²) in [5.41, 5.74) is 0.624. The molecule has 0 saturated carbocycles. The Morgan fingerprint density at radius 2 is 2.05 bits per heavy atom. The van der Waals surface area contributed by atoms with Crippen LogP contribution in [-0.4, -0.2) is 52.4 Å². The second kappa shape index (κ2) is 8.85. The van der Waals surface area contributed by atoms with E-state index in [1.807, 2.05) is 7.05 Å². The second-order valence-electron chi connectivity index (χ2n) is 4.41. The van der Waals surface area contributed by atoms with Gasteiger partial charge in [-0.15, -0.1) is 0 Å². The van der Waals surface area contributed by atoms with E-state index in [-0.39, 0.29) is 11.6 Å². The molecule has 4 nitrogen and oxygen atoms in total. The van der Waals surface area contributed by atoms with Gasteiger partial charge in [0.1, 0.15) is 0 Å². The van der Waals surface area contributed by atoms with Crippen molar-refractivity contribution in [2.45, 2.75) is 6.54 Å². The van der Waals surface area contributed by atoms with Crippen LogP contribution in [0.1, 0.15) is 5.56 Å². The first kappa shape index (κ1) is 15.9. The largest absolute Gasteiger partial charge is 0.494 e. The Bertz CT molecular complexity index is 374. The molecule has 0 atom stereocenters. The van der Waals surface area contributed by atoms with Gasteiger partial charge in [0.25, 0.3) is 0 Å². The summed E-state index contributed by atoms with van der Waals surface area (Å²) in [7, 11) is 5.20. The van der Waals surface area contributed by atoms with Crippen LogP contribution in [0.5, 0.6) is 5.75 Å². The van der Waals surface area contributed by atoms with Gasteiger partial charge in [0.2, 0.25) is 0 Å². The van der Waals surface area contributed by atoms with Crippen LogP contribution in [0.3, 0.4) is 0 Å². The molecule has 0 aliphatic heterocycles. The van der Waals surface area contributed by atoms with Crippen molar-refractivity contribution in [2.24, 2.45) is 0 Å². The minimum absolute atomic E-state index is 0.287. The molecule has 0 fully saturated rings. The van der Waals surface area contributed by atoms with E-state index < -0.39 is 0 Å². The highest BCUT2D eigenvalue weighted by molar-refractivity contribution is 5.30. The van der Waals surface area contributed by atoms with Gasteiger partial charge in [0.15, 0.2) is 11.6 Å². The van der Waals surface area contributed by atoms with E-state index >= 15 is 0 Å². The smallest absolute Gasteiger partial charge is 0.169 e. The Morgan fingerprint density at radius 3 is 2.74 bits per heavy atom. The van der Waals surface area contributed by atoms with Gasteiger partial charge < -0.3 is 19.7 Å². The number of hydrogen-bond acceptors (Lipinski definition) is 4. The Balaban J connectivity index is 2.29. The van der Waals surface area contributed by atoms with Crippen molar-refractivity contribution < 1.29 is 13.9 Å². The maximum Gasteiger partial charge on any atom is 0.169 e. The van der Waals surface area contributed by atoms with Gasteiger partial charge in [-0.3, -0.25) is 0 Å². The predicted octanol–water partition coefficient (Wildman–Crippen LogP) is 1.50. The topological polar surface area (TPSA) is 33.7 Å². The Morgan fingerprint density at radius 1 is 1.26 bits per heavy atom. The third-order valence-electron chi connectivity index (χ3n) is 2.93. The third-order valence-corrected chi connectivity index (χ3v) is 2.93. The fourth-order valence-corrected chi connectivity index (χ4v) is 1.70. The summed E-state index contributed by atoms with van der Waals surface area (Å²) in [6.45, 7) is 3.82. The molecule has 0 saturated heterocycles. The summed E-state index contributed by atoms with van der Waals surface area (Å²) in [5, 5.41) is 3.22. The molecule has 108 valence electrons. The van der Waals surface area contributed by atoms with Crippen LogP contribution in [0.25, 0.3) is 0 Å². The van der Waals surface area contributed by atoms with Gasteiger partial charge in [0.05, 0.1) is 13.7 Å². The van der Waals surface area contributed by atoms with E-state index in [0.717, 1.165) is 26.2 Å². The van der Waals surface area contributed by atoms with Gasteiger partial charge in [-0.2, -0.15) is 0 Å². The summed E-state index contributed by atoms with van der Waals surface area (Å²) in [6.07, 6.45) is 0. The Labute approximate surface area is 114 Å².